The minimum Gasteiger partial charge on any atom is -0.213 e. The van der Waals surface area contributed by atoms with Gasteiger partial charge < -0.3 is 0 Å². The van der Waals surface area contributed by atoms with Crippen LogP contribution in [0.5, 0.6) is 0 Å². The maximum Gasteiger partial charge on any atom is 0.185 e. The number of hydrogen-bond acceptors (Lipinski definition) is 2. The molecule has 1 rings (SSSR count). The molecule has 0 bridgehead atoms. The molecule has 0 aromatic carbocycles. The Hall–Kier alpha value is 0.210. The van der Waals surface area contributed by atoms with Gasteiger partial charge in [0.1, 0.15) is 5.15 Å². The molecule has 1 aromatic heterocycles. The van der Waals surface area contributed by atoms with Crippen LogP contribution in [0.2, 0.25) is 9.62 Å². The highest BCUT2D eigenvalue weighted by atomic mass is 35.5. The molecule has 0 aliphatic rings. The molecular weight excluding hydrogens is 213 g/mol. The second-order valence-corrected chi connectivity index (χ2v) is 5.94. The lowest BCUT2D eigenvalue weighted by molar-refractivity contribution is 0.414. The fourth-order valence-electron chi connectivity index (χ4n) is 0.897. The summed E-state index contributed by atoms with van der Waals surface area (Å²) in [6.45, 7) is 6.49. The van der Waals surface area contributed by atoms with Gasteiger partial charge in [-0.3, -0.25) is 0 Å². The molecular formula is C8H11Cl2NS. The molecule has 1 nitrogen and oxygen atoms in total. The van der Waals surface area contributed by atoms with Crippen molar-refractivity contribution in [3.63, 3.8) is 0 Å². The van der Waals surface area contributed by atoms with Crippen molar-refractivity contribution in [1.29, 1.82) is 0 Å². The second-order valence-electron chi connectivity index (χ2n) is 3.92. The Bertz CT molecular complexity index is 275. The molecule has 0 spiro atoms. The summed E-state index contributed by atoms with van der Waals surface area (Å²) in [5.74, 6) is 0. The van der Waals surface area contributed by atoms with Gasteiger partial charge in [0.2, 0.25) is 0 Å². The van der Waals surface area contributed by atoms with Crippen LogP contribution in [0.25, 0.3) is 0 Å². The van der Waals surface area contributed by atoms with Gasteiger partial charge >= 0.3 is 0 Å². The van der Waals surface area contributed by atoms with Crippen LogP contribution >= 0.6 is 34.5 Å². The monoisotopic (exact) mass is 223 g/mol. The van der Waals surface area contributed by atoms with Crippen LogP contribution in [-0.4, -0.2) is 4.98 Å². The summed E-state index contributed by atoms with van der Waals surface area (Å²) in [5, 5.41) is 0.555. The summed E-state index contributed by atoms with van der Waals surface area (Å²) < 4.78 is 0.527. The zero-order valence-electron chi connectivity index (χ0n) is 7.32. The summed E-state index contributed by atoms with van der Waals surface area (Å²) in [7, 11) is 0. The van der Waals surface area contributed by atoms with Crippen LogP contribution in [0.4, 0.5) is 0 Å². The predicted octanol–water partition coefficient (Wildman–Crippen LogP) is 4.04. The van der Waals surface area contributed by atoms with Crippen LogP contribution in [0.3, 0.4) is 0 Å². The average Bonchev–Trinajstić information content (AvgIpc) is 2.06. The van der Waals surface area contributed by atoms with E-state index in [0.29, 0.717) is 9.62 Å². The van der Waals surface area contributed by atoms with Crippen LogP contribution in [0, 0.1) is 5.41 Å². The third-order valence-electron chi connectivity index (χ3n) is 1.31. The molecule has 0 aliphatic heterocycles. The lowest BCUT2D eigenvalue weighted by Gasteiger charge is -2.16. The third-order valence-corrected chi connectivity index (χ3v) is 2.90. The topological polar surface area (TPSA) is 12.9 Å². The first-order valence-electron chi connectivity index (χ1n) is 3.69. The van der Waals surface area contributed by atoms with E-state index >= 15 is 0 Å². The molecule has 1 heterocycles. The first kappa shape index (κ1) is 10.3. The fourth-order valence-corrected chi connectivity index (χ4v) is 2.60. The Labute approximate surface area is 86.7 Å². The minimum absolute atomic E-state index is 0.236. The molecule has 0 atom stereocenters. The Morgan fingerprint density at radius 2 is 1.92 bits per heavy atom. The summed E-state index contributed by atoms with van der Waals surface area (Å²) >= 11 is 13.0. The standard InChI is InChI=1S/C8H11Cl2NS/c1-8(2,3)4-5-6(9)11-7(10)12-5/h4H2,1-3H3. The Balaban J connectivity index is 2.82. The number of halogens is 2. The number of rotatable bonds is 1. The van der Waals surface area contributed by atoms with Crippen LogP contribution in [0.15, 0.2) is 0 Å². The largest absolute Gasteiger partial charge is 0.213 e. The Morgan fingerprint density at radius 3 is 2.25 bits per heavy atom. The third kappa shape index (κ3) is 2.92. The van der Waals surface area contributed by atoms with E-state index in [2.05, 4.69) is 25.8 Å². The van der Waals surface area contributed by atoms with Crippen molar-refractivity contribution >= 4 is 34.5 Å². The van der Waals surface area contributed by atoms with Gasteiger partial charge in [0, 0.05) is 4.88 Å². The molecule has 0 fully saturated rings. The van der Waals surface area contributed by atoms with Crippen LogP contribution in [-0.2, 0) is 6.42 Å². The molecule has 4 heteroatoms. The van der Waals surface area contributed by atoms with Gasteiger partial charge in [0.15, 0.2) is 4.47 Å². The van der Waals surface area contributed by atoms with Crippen molar-refractivity contribution in [2.24, 2.45) is 5.41 Å². The molecule has 0 N–H and O–H groups in total. The molecule has 0 saturated heterocycles. The summed E-state index contributed by atoms with van der Waals surface area (Å²) in [6, 6.07) is 0. The van der Waals surface area contributed by atoms with Gasteiger partial charge in [-0.2, -0.15) is 0 Å². The van der Waals surface area contributed by atoms with E-state index in [-0.39, 0.29) is 5.41 Å². The van der Waals surface area contributed by atoms with E-state index in [0.717, 1.165) is 11.3 Å². The van der Waals surface area contributed by atoms with Crippen molar-refractivity contribution in [1.82, 2.24) is 4.98 Å². The van der Waals surface area contributed by atoms with Crippen molar-refractivity contribution in [2.75, 3.05) is 0 Å². The summed E-state index contributed by atoms with van der Waals surface area (Å²) in [6.07, 6.45) is 0.927. The summed E-state index contributed by atoms with van der Waals surface area (Å²) in [4.78, 5) is 5.02. The van der Waals surface area contributed by atoms with Crippen LogP contribution < -0.4 is 0 Å². The van der Waals surface area contributed by atoms with Crippen molar-refractivity contribution in [3.05, 3.63) is 14.5 Å². The van der Waals surface area contributed by atoms with Crippen molar-refractivity contribution in [2.45, 2.75) is 27.2 Å². The number of thiazole rings is 1. The van der Waals surface area contributed by atoms with E-state index in [1.165, 1.54) is 11.3 Å². The zero-order chi connectivity index (χ0) is 9.35. The quantitative estimate of drug-likeness (QED) is 0.701. The van der Waals surface area contributed by atoms with E-state index in [1.807, 2.05) is 0 Å². The molecule has 0 radical (unpaired) electrons. The smallest absolute Gasteiger partial charge is 0.185 e. The molecule has 0 aliphatic carbocycles. The van der Waals surface area contributed by atoms with Gasteiger partial charge in [0.25, 0.3) is 0 Å². The lowest BCUT2D eigenvalue weighted by atomic mass is 9.92. The Morgan fingerprint density at radius 1 is 1.33 bits per heavy atom. The molecule has 0 unspecified atom stereocenters. The zero-order valence-corrected chi connectivity index (χ0v) is 9.65. The predicted molar refractivity (Wildman–Crippen MR) is 55.3 cm³/mol. The first-order valence-corrected chi connectivity index (χ1v) is 5.26. The average molecular weight is 224 g/mol. The maximum absolute atomic E-state index is 5.87. The second kappa shape index (κ2) is 3.52. The van der Waals surface area contributed by atoms with Gasteiger partial charge in [-0.15, -0.1) is 11.3 Å². The van der Waals surface area contributed by atoms with E-state index < -0.39 is 0 Å². The molecule has 12 heavy (non-hydrogen) atoms. The molecule has 0 amide bonds. The van der Waals surface area contributed by atoms with Gasteiger partial charge in [-0.1, -0.05) is 44.0 Å². The van der Waals surface area contributed by atoms with E-state index in [4.69, 9.17) is 23.2 Å². The highest BCUT2D eigenvalue weighted by molar-refractivity contribution is 7.16. The van der Waals surface area contributed by atoms with Crippen LogP contribution in [0.1, 0.15) is 25.6 Å². The lowest BCUT2D eigenvalue weighted by Crippen LogP contribution is -2.08. The SMILES string of the molecule is CC(C)(C)Cc1sc(Cl)nc1Cl. The van der Waals surface area contributed by atoms with Gasteiger partial charge in [0.05, 0.1) is 0 Å². The summed E-state index contributed by atoms with van der Waals surface area (Å²) in [5.41, 5.74) is 0.236. The maximum atomic E-state index is 5.87. The van der Waals surface area contributed by atoms with Crippen molar-refractivity contribution < 1.29 is 0 Å². The van der Waals surface area contributed by atoms with E-state index in [1.54, 1.807) is 0 Å². The molecule has 0 saturated carbocycles. The van der Waals surface area contributed by atoms with E-state index in [9.17, 15) is 0 Å². The molecule has 68 valence electrons. The number of aromatic nitrogens is 1. The van der Waals surface area contributed by atoms with Gasteiger partial charge in [-0.25, -0.2) is 4.98 Å². The first-order chi connectivity index (χ1) is 5.38. The van der Waals surface area contributed by atoms with Gasteiger partial charge in [-0.05, 0) is 11.8 Å². The fraction of sp³-hybridized carbons (Fsp3) is 0.625. The highest BCUT2D eigenvalue weighted by Crippen LogP contribution is 2.32. The van der Waals surface area contributed by atoms with Crippen molar-refractivity contribution in [3.8, 4) is 0 Å². The minimum atomic E-state index is 0.236. The highest BCUT2D eigenvalue weighted by Gasteiger charge is 2.16. The molecule has 1 aromatic rings. The Kier molecular flexibility index (Phi) is 3.02. The normalized spacial score (nSPS) is 12.1. The number of nitrogens with zero attached hydrogens (tertiary/aromatic N) is 1. The number of hydrogen-bond donors (Lipinski definition) is 0.